The maximum absolute atomic E-state index is 6.67. The molecule has 12 rings (SSSR count). The minimum absolute atomic E-state index is 0.872. The fourth-order valence-electron chi connectivity index (χ4n) is 9.20. The molecule has 0 bridgehead atoms. The van der Waals surface area contributed by atoms with Gasteiger partial charge in [-0.25, -0.2) is 0 Å². The number of para-hydroxylation sites is 2. The molecule has 0 atom stereocenters. The predicted octanol–water partition coefficient (Wildman–Crippen LogP) is 15.8. The average molecular weight is 753 g/mol. The molecule has 0 saturated carbocycles. The van der Waals surface area contributed by atoms with Crippen molar-refractivity contribution >= 4 is 82.4 Å². The van der Waals surface area contributed by atoms with E-state index in [1.165, 1.54) is 60.3 Å². The maximum atomic E-state index is 6.67. The summed E-state index contributed by atoms with van der Waals surface area (Å²) < 4.78 is 9.03. The van der Waals surface area contributed by atoms with Crippen molar-refractivity contribution in [1.82, 2.24) is 4.57 Å². The molecule has 59 heavy (non-hydrogen) atoms. The predicted molar refractivity (Wildman–Crippen MR) is 249 cm³/mol. The minimum atomic E-state index is 0.872. The van der Waals surface area contributed by atoms with Crippen LogP contribution in [0.4, 0.5) is 17.1 Å². The van der Waals surface area contributed by atoms with E-state index in [4.69, 9.17) is 4.42 Å². The monoisotopic (exact) mass is 752 g/mol. The van der Waals surface area contributed by atoms with Crippen molar-refractivity contribution in [3.8, 4) is 27.9 Å². The van der Waals surface area contributed by atoms with Gasteiger partial charge in [0.2, 0.25) is 0 Å². The van der Waals surface area contributed by atoms with Crippen LogP contribution in [0.1, 0.15) is 0 Å². The lowest BCUT2D eigenvalue weighted by molar-refractivity contribution is 0.672. The molecule has 10 aromatic carbocycles. The summed E-state index contributed by atoms with van der Waals surface area (Å²) in [7, 11) is 0. The van der Waals surface area contributed by atoms with E-state index in [2.05, 4.69) is 228 Å². The highest BCUT2D eigenvalue weighted by Crippen LogP contribution is 2.46. The number of furan rings is 1. The summed E-state index contributed by atoms with van der Waals surface area (Å²) >= 11 is 0. The Balaban J connectivity index is 0.940. The maximum Gasteiger partial charge on any atom is 0.143 e. The highest BCUT2D eigenvalue weighted by atomic mass is 16.3. The Labute approximate surface area is 341 Å². The van der Waals surface area contributed by atoms with Crippen LogP contribution in [0.15, 0.2) is 223 Å². The zero-order valence-electron chi connectivity index (χ0n) is 32.1. The Hall–Kier alpha value is -7.88. The van der Waals surface area contributed by atoms with Crippen LogP contribution < -0.4 is 4.90 Å². The second-order valence-electron chi connectivity index (χ2n) is 15.3. The number of aromatic nitrogens is 1. The van der Waals surface area contributed by atoms with Gasteiger partial charge in [-0.2, -0.15) is 0 Å². The Kier molecular flexibility index (Phi) is 7.54. The molecule has 2 heterocycles. The molecule has 0 unspecified atom stereocenters. The Morgan fingerprint density at radius 1 is 0.356 bits per heavy atom. The molecule has 0 saturated heterocycles. The quantitative estimate of drug-likeness (QED) is 0.169. The van der Waals surface area contributed by atoms with Gasteiger partial charge in [-0.05, 0) is 99.8 Å². The van der Waals surface area contributed by atoms with Crippen LogP contribution in [0.2, 0.25) is 0 Å². The number of fused-ring (bicyclic) bond motifs is 9. The van der Waals surface area contributed by atoms with Gasteiger partial charge >= 0.3 is 0 Å². The molecule has 0 amide bonds. The van der Waals surface area contributed by atoms with E-state index in [0.717, 1.165) is 50.0 Å². The molecule has 3 nitrogen and oxygen atoms in total. The van der Waals surface area contributed by atoms with Crippen LogP contribution in [-0.2, 0) is 0 Å². The van der Waals surface area contributed by atoms with Crippen molar-refractivity contribution in [2.24, 2.45) is 0 Å². The lowest BCUT2D eigenvalue weighted by atomic mass is 9.98. The number of benzene rings is 10. The third-order valence-corrected chi connectivity index (χ3v) is 12.0. The molecule has 0 radical (unpaired) electrons. The molecule has 0 N–H and O–H groups in total. The summed E-state index contributed by atoms with van der Waals surface area (Å²) in [6.07, 6.45) is 0. The van der Waals surface area contributed by atoms with Gasteiger partial charge in [-0.15, -0.1) is 0 Å². The van der Waals surface area contributed by atoms with E-state index in [1.54, 1.807) is 0 Å². The van der Waals surface area contributed by atoms with Crippen LogP contribution in [0, 0.1) is 0 Å². The van der Waals surface area contributed by atoms with Crippen LogP contribution >= 0.6 is 0 Å². The number of hydrogen-bond donors (Lipinski definition) is 0. The molecular formula is C56H36N2O. The third kappa shape index (κ3) is 5.36. The van der Waals surface area contributed by atoms with E-state index >= 15 is 0 Å². The molecule has 12 aromatic rings. The van der Waals surface area contributed by atoms with E-state index < -0.39 is 0 Å². The van der Waals surface area contributed by atoms with Crippen LogP contribution in [0.5, 0.6) is 0 Å². The SMILES string of the molecule is c1ccc(-n2c3ccccc3c3cc(-c4ccc(-c5ccc(N(c6cccc7ccccc67)c6cccc7oc8c9ccccc9ccc8c67)cc5)cc4)ccc32)cc1. The van der Waals surface area contributed by atoms with Gasteiger partial charge in [0, 0.05) is 38.3 Å². The summed E-state index contributed by atoms with van der Waals surface area (Å²) in [5.74, 6) is 0. The van der Waals surface area contributed by atoms with Crippen molar-refractivity contribution in [2.75, 3.05) is 4.90 Å². The molecule has 0 aliphatic rings. The van der Waals surface area contributed by atoms with Gasteiger partial charge in [-0.1, -0.05) is 152 Å². The van der Waals surface area contributed by atoms with Crippen molar-refractivity contribution in [3.05, 3.63) is 218 Å². The summed E-state index contributed by atoms with van der Waals surface area (Å²) in [6, 6.07) is 78.6. The molecular weight excluding hydrogens is 717 g/mol. The Morgan fingerprint density at radius 3 is 1.73 bits per heavy atom. The molecule has 3 heteroatoms. The number of nitrogens with zero attached hydrogens (tertiary/aromatic N) is 2. The van der Waals surface area contributed by atoms with E-state index in [0.29, 0.717) is 0 Å². The van der Waals surface area contributed by atoms with Gasteiger partial charge < -0.3 is 13.9 Å². The van der Waals surface area contributed by atoms with Gasteiger partial charge in [0.05, 0.1) is 27.8 Å². The standard InChI is InChI=1S/C56H36N2O/c1-2-15-43(16-3-1)57-51-20-9-8-19-47(51)49-36-42(31-35-52(49)57)39-26-24-37(25-27-39)38-28-32-44(33-29-38)58(50-21-10-14-40-12-4-6-17-45(40)50)53-22-11-23-54-55(53)48-34-30-41-13-5-7-18-46(41)56(48)59-54/h1-36H. The van der Waals surface area contributed by atoms with Crippen LogP contribution in [0.25, 0.3) is 93.2 Å². The highest BCUT2D eigenvalue weighted by molar-refractivity contribution is 6.20. The largest absolute Gasteiger partial charge is 0.455 e. The fourth-order valence-corrected chi connectivity index (χ4v) is 9.20. The molecule has 0 aliphatic heterocycles. The molecule has 0 fully saturated rings. The van der Waals surface area contributed by atoms with Gasteiger partial charge in [0.25, 0.3) is 0 Å². The Bertz CT molecular complexity index is 3540. The number of rotatable bonds is 6. The second kappa shape index (κ2) is 13.4. The summed E-state index contributed by atoms with van der Waals surface area (Å²) in [5.41, 5.74) is 13.4. The van der Waals surface area contributed by atoms with Gasteiger partial charge in [-0.3, -0.25) is 0 Å². The van der Waals surface area contributed by atoms with Crippen LogP contribution in [0.3, 0.4) is 0 Å². The summed E-state index contributed by atoms with van der Waals surface area (Å²) in [4.78, 5) is 2.40. The lowest BCUT2D eigenvalue weighted by Crippen LogP contribution is -2.10. The molecule has 2 aromatic heterocycles. The molecule has 0 aliphatic carbocycles. The van der Waals surface area contributed by atoms with Crippen molar-refractivity contribution in [1.29, 1.82) is 0 Å². The van der Waals surface area contributed by atoms with Gasteiger partial charge in [0.1, 0.15) is 11.2 Å². The topological polar surface area (TPSA) is 21.3 Å². The number of anilines is 3. The Morgan fingerprint density at radius 2 is 0.932 bits per heavy atom. The zero-order valence-corrected chi connectivity index (χ0v) is 32.1. The van der Waals surface area contributed by atoms with Gasteiger partial charge in [0.15, 0.2) is 0 Å². The summed E-state index contributed by atoms with van der Waals surface area (Å²) in [5, 5.41) is 9.40. The second-order valence-corrected chi connectivity index (χ2v) is 15.3. The smallest absolute Gasteiger partial charge is 0.143 e. The minimum Gasteiger partial charge on any atom is -0.455 e. The average Bonchev–Trinajstić information content (AvgIpc) is 3.86. The third-order valence-electron chi connectivity index (χ3n) is 12.0. The first kappa shape index (κ1) is 33.3. The first-order valence-corrected chi connectivity index (χ1v) is 20.2. The van der Waals surface area contributed by atoms with E-state index in [9.17, 15) is 0 Å². The van der Waals surface area contributed by atoms with E-state index in [-0.39, 0.29) is 0 Å². The van der Waals surface area contributed by atoms with Crippen molar-refractivity contribution in [2.45, 2.75) is 0 Å². The van der Waals surface area contributed by atoms with Crippen molar-refractivity contribution < 1.29 is 4.42 Å². The van der Waals surface area contributed by atoms with Crippen molar-refractivity contribution in [3.63, 3.8) is 0 Å². The first-order chi connectivity index (χ1) is 29.3. The lowest BCUT2D eigenvalue weighted by Gasteiger charge is -2.27. The number of hydrogen-bond acceptors (Lipinski definition) is 2. The summed E-state index contributed by atoms with van der Waals surface area (Å²) in [6.45, 7) is 0. The first-order valence-electron chi connectivity index (χ1n) is 20.2. The normalized spacial score (nSPS) is 11.7. The van der Waals surface area contributed by atoms with Crippen LogP contribution in [-0.4, -0.2) is 4.57 Å². The van der Waals surface area contributed by atoms with E-state index in [1.807, 2.05) is 0 Å². The molecule has 276 valence electrons. The fraction of sp³-hybridized carbons (Fsp3) is 0. The molecule has 0 spiro atoms. The highest BCUT2D eigenvalue weighted by Gasteiger charge is 2.22. The zero-order chi connectivity index (χ0) is 38.9.